The molecule has 2 nitrogen and oxygen atoms in total. The Labute approximate surface area is 80.7 Å². The monoisotopic (exact) mass is 190 g/mol. The molecule has 0 bridgehead atoms. The van der Waals surface area contributed by atoms with Crippen LogP contribution in [-0.4, -0.2) is 19.1 Å². The lowest BCUT2D eigenvalue weighted by Gasteiger charge is -2.37. The van der Waals surface area contributed by atoms with Gasteiger partial charge in [0.2, 0.25) is 0 Å². The van der Waals surface area contributed by atoms with Gasteiger partial charge in [-0.3, -0.25) is 0 Å². The highest BCUT2D eigenvalue weighted by molar-refractivity contribution is 5.85. The van der Waals surface area contributed by atoms with Gasteiger partial charge in [-0.1, -0.05) is 6.42 Å². The van der Waals surface area contributed by atoms with Gasteiger partial charge >= 0.3 is 0 Å². The second-order valence-electron chi connectivity index (χ2n) is 4.11. The van der Waals surface area contributed by atoms with E-state index in [1.807, 2.05) is 0 Å². The smallest absolute Gasteiger partial charge is 0.00965 e. The van der Waals surface area contributed by atoms with Gasteiger partial charge in [-0.05, 0) is 44.2 Å². The van der Waals surface area contributed by atoms with E-state index in [2.05, 4.69) is 5.32 Å². The van der Waals surface area contributed by atoms with Crippen molar-refractivity contribution >= 4 is 12.4 Å². The van der Waals surface area contributed by atoms with Crippen molar-refractivity contribution < 1.29 is 0 Å². The number of halogens is 1. The third kappa shape index (κ3) is 1.61. The van der Waals surface area contributed by atoms with Crippen molar-refractivity contribution in [1.29, 1.82) is 0 Å². The van der Waals surface area contributed by atoms with Gasteiger partial charge in [0.1, 0.15) is 0 Å². The first-order valence-corrected chi connectivity index (χ1v) is 4.80. The Balaban J connectivity index is 0.000000720. The van der Waals surface area contributed by atoms with Gasteiger partial charge in [0.05, 0.1) is 0 Å². The van der Waals surface area contributed by atoms with E-state index in [-0.39, 0.29) is 12.4 Å². The van der Waals surface area contributed by atoms with Gasteiger partial charge in [0.15, 0.2) is 0 Å². The zero-order valence-corrected chi connectivity index (χ0v) is 8.33. The normalized spacial score (nSPS) is 33.2. The SMILES string of the molecule is Cl.NC1CCCC12CCNCC2. The fourth-order valence-electron chi connectivity index (χ4n) is 2.71. The lowest BCUT2D eigenvalue weighted by molar-refractivity contribution is 0.183. The molecule has 3 N–H and O–H groups in total. The van der Waals surface area contributed by atoms with Gasteiger partial charge < -0.3 is 11.1 Å². The van der Waals surface area contributed by atoms with E-state index in [1.165, 1.54) is 45.2 Å². The molecule has 1 aliphatic carbocycles. The van der Waals surface area contributed by atoms with Crippen molar-refractivity contribution in [2.24, 2.45) is 11.1 Å². The average Bonchev–Trinajstić information content (AvgIpc) is 2.36. The van der Waals surface area contributed by atoms with Gasteiger partial charge in [-0.15, -0.1) is 12.4 Å². The molecule has 1 heterocycles. The minimum Gasteiger partial charge on any atom is -0.327 e. The van der Waals surface area contributed by atoms with E-state index in [9.17, 15) is 0 Å². The van der Waals surface area contributed by atoms with Crippen LogP contribution in [-0.2, 0) is 0 Å². The van der Waals surface area contributed by atoms with Crippen LogP contribution in [0.4, 0.5) is 0 Å². The number of piperidine rings is 1. The molecule has 1 spiro atoms. The molecule has 1 saturated carbocycles. The van der Waals surface area contributed by atoms with Gasteiger partial charge in [0.25, 0.3) is 0 Å². The molecule has 0 amide bonds. The fourth-order valence-corrected chi connectivity index (χ4v) is 2.71. The summed E-state index contributed by atoms with van der Waals surface area (Å²) < 4.78 is 0. The maximum atomic E-state index is 6.12. The van der Waals surface area contributed by atoms with Crippen LogP contribution in [0.2, 0.25) is 0 Å². The molecule has 0 radical (unpaired) electrons. The van der Waals surface area contributed by atoms with Crippen LogP contribution in [0.15, 0.2) is 0 Å². The summed E-state index contributed by atoms with van der Waals surface area (Å²) in [6, 6.07) is 0.504. The molecule has 2 fully saturated rings. The van der Waals surface area contributed by atoms with Crippen molar-refractivity contribution in [3.63, 3.8) is 0 Å². The number of rotatable bonds is 0. The van der Waals surface area contributed by atoms with E-state index in [0.717, 1.165) is 0 Å². The lowest BCUT2D eigenvalue weighted by atomic mass is 9.75. The van der Waals surface area contributed by atoms with E-state index in [0.29, 0.717) is 11.5 Å². The third-order valence-corrected chi connectivity index (χ3v) is 3.58. The van der Waals surface area contributed by atoms with E-state index in [1.54, 1.807) is 0 Å². The van der Waals surface area contributed by atoms with E-state index < -0.39 is 0 Å². The number of nitrogens with two attached hydrogens (primary N) is 1. The maximum Gasteiger partial charge on any atom is 0.00965 e. The van der Waals surface area contributed by atoms with Crippen molar-refractivity contribution in [3.8, 4) is 0 Å². The van der Waals surface area contributed by atoms with Crippen LogP contribution in [0.5, 0.6) is 0 Å². The van der Waals surface area contributed by atoms with Gasteiger partial charge in [0, 0.05) is 6.04 Å². The fraction of sp³-hybridized carbons (Fsp3) is 1.00. The van der Waals surface area contributed by atoms with Crippen molar-refractivity contribution in [2.45, 2.75) is 38.1 Å². The second-order valence-corrected chi connectivity index (χ2v) is 4.11. The van der Waals surface area contributed by atoms with Crippen molar-refractivity contribution in [2.75, 3.05) is 13.1 Å². The Bertz CT molecular complexity index is 143. The van der Waals surface area contributed by atoms with E-state index in [4.69, 9.17) is 5.73 Å². The molecule has 1 aliphatic heterocycles. The minimum atomic E-state index is 0. The first-order chi connectivity index (χ1) is 5.33. The van der Waals surface area contributed by atoms with Crippen molar-refractivity contribution in [3.05, 3.63) is 0 Å². The summed E-state index contributed by atoms with van der Waals surface area (Å²) in [6.07, 6.45) is 6.64. The summed E-state index contributed by atoms with van der Waals surface area (Å²) >= 11 is 0. The topological polar surface area (TPSA) is 38.0 Å². The Morgan fingerprint density at radius 1 is 1.17 bits per heavy atom. The minimum absolute atomic E-state index is 0. The van der Waals surface area contributed by atoms with Gasteiger partial charge in [-0.25, -0.2) is 0 Å². The first kappa shape index (κ1) is 10.3. The van der Waals surface area contributed by atoms with Crippen LogP contribution >= 0.6 is 12.4 Å². The number of hydrogen-bond acceptors (Lipinski definition) is 2. The molecule has 0 aromatic rings. The standard InChI is InChI=1S/C9H18N2.ClH/c10-8-2-1-3-9(8)4-6-11-7-5-9;/h8,11H,1-7,10H2;1H. The highest BCUT2D eigenvalue weighted by Gasteiger charge is 2.40. The summed E-state index contributed by atoms with van der Waals surface area (Å²) in [5.74, 6) is 0. The molecule has 1 atom stereocenters. The largest absolute Gasteiger partial charge is 0.327 e. The van der Waals surface area contributed by atoms with Crippen LogP contribution in [0, 0.1) is 5.41 Å². The summed E-state index contributed by atoms with van der Waals surface area (Å²) in [6.45, 7) is 2.38. The van der Waals surface area contributed by atoms with Crippen LogP contribution in [0.1, 0.15) is 32.1 Å². The Hall–Kier alpha value is 0.210. The first-order valence-electron chi connectivity index (χ1n) is 4.80. The third-order valence-electron chi connectivity index (χ3n) is 3.58. The predicted octanol–water partition coefficient (Wildman–Crippen LogP) is 1.29. The molecule has 3 heteroatoms. The van der Waals surface area contributed by atoms with Gasteiger partial charge in [-0.2, -0.15) is 0 Å². The molecule has 12 heavy (non-hydrogen) atoms. The zero-order chi connectivity index (χ0) is 7.73. The zero-order valence-electron chi connectivity index (χ0n) is 7.51. The second kappa shape index (κ2) is 3.95. The predicted molar refractivity (Wildman–Crippen MR) is 53.6 cm³/mol. The highest BCUT2D eigenvalue weighted by atomic mass is 35.5. The molecular weight excluding hydrogens is 172 g/mol. The maximum absolute atomic E-state index is 6.12. The molecule has 72 valence electrons. The lowest BCUT2D eigenvalue weighted by Crippen LogP contribution is -2.45. The van der Waals surface area contributed by atoms with E-state index >= 15 is 0 Å². The Kier molecular flexibility index (Phi) is 3.38. The molecule has 0 aromatic heterocycles. The van der Waals surface area contributed by atoms with Crippen LogP contribution in [0.25, 0.3) is 0 Å². The molecular formula is C9H19ClN2. The molecule has 1 unspecified atom stereocenters. The molecule has 2 rings (SSSR count). The summed E-state index contributed by atoms with van der Waals surface area (Å²) in [5, 5.41) is 3.40. The Morgan fingerprint density at radius 2 is 1.83 bits per heavy atom. The molecule has 2 aliphatic rings. The summed E-state index contributed by atoms with van der Waals surface area (Å²) in [7, 11) is 0. The summed E-state index contributed by atoms with van der Waals surface area (Å²) in [5.41, 5.74) is 6.66. The number of nitrogens with one attached hydrogen (secondary N) is 1. The Morgan fingerprint density at radius 3 is 2.33 bits per heavy atom. The highest BCUT2D eigenvalue weighted by Crippen LogP contribution is 2.43. The van der Waals surface area contributed by atoms with Crippen LogP contribution < -0.4 is 11.1 Å². The molecule has 0 aromatic carbocycles. The van der Waals surface area contributed by atoms with Crippen LogP contribution in [0.3, 0.4) is 0 Å². The quantitative estimate of drug-likeness (QED) is 0.604. The summed E-state index contributed by atoms with van der Waals surface area (Å²) in [4.78, 5) is 0. The molecule has 1 saturated heterocycles. The average molecular weight is 191 g/mol. The van der Waals surface area contributed by atoms with Crippen molar-refractivity contribution in [1.82, 2.24) is 5.32 Å². The number of hydrogen-bond donors (Lipinski definition) is 2.